The van der Waals surface area contributed by atoms with Crippen molar-refractivity contribution in [1.29, 1.82) is 0 Å². The van der Waals surface area contributed by atoms with Crippen molar-refractivity contribution in [2.24, 2.45) is 0 Å². The number of esters is 1. The van der Waals surface area contributed by atoms with Crippen LogP contribution in [-0.2, 0) is 15.1 Å². The molecule has 24 heavy (non-hydrogen) atoms. The third-order valence-corrected chi connectivity index (χ3v) is 5.61. The van der Waals surface area contributed by atoms with Crippen LogP contribution >= 0.6 is 22.6 Å². The second kappa shape index (κ2) is 5.86. The van der Waals surface area contributed by atoms with Gasteiger partial charge in [0.1, 0.15) is 5.60 Å². The van der Waals surface area contributed by atoms with Crippen LogP contribution in [0.4, 0.5) is 4.79 Å². The van der Waals surface area contributed by atoms with Gasteiger partial charge in [0, 0.05) is 25.7 Å². The van der Waals surface area contributed by atoms with Crippen LogP contribution in [0.5, 0.6) is 0 Å². The fourth-order valence-corrected chi connectivity index (χ4v) is 4.30. The quantitative estimate of drug-likeness (QED) is 0.349. The first-order valence-electron chi connectivity index (χ1n) is 7.95. The topological polar surface area (TPSA) is 68.7 Å². The number of hydrogen-bond acceptors (Lipinski definition) is 5. The number of hydrogen-bond donors (Lipinski definition) is 0. The Bertz CT molecular complexity index is 700. The standard InChI is InChI=1S/C17H21IN2O4/c1-10-7-11-13(19-8-10)17(23-14(11)21)5-6-20(9-12(17)18)15(22)24-16(2,3)4/h7-8,12H,5-6,9H2,1-4H3. The number of aryl methyl sites for hydroxylation is 1. The fourth-order valence-electron chi connectivity index (χ4n) is 3.09. The number of pyridine rings is 1. The maximum Gasteiger partial charge on any atom is 0.410 e. The van der Waals surface area contributed by atoms with Crippen molar-refractivity contribution >= 4 is 34.7 Å². The molecule has 3 heterocycles. The molecule has 7 heteroatoms. The third kappa shape index (κ3) is 2.98. The van der Waals surface area contributed by atoms with Crippen LogP contribution in [0.25, 0.3) is 0 Å². The van der Waals surface area contributed by atoms with Gasteiger partial charge in [-0.25, -0.2) is 9.59 Å². The summed E-state index contributed by atoms with van der Waals surface area (Å²) in [6, 6.07) is 1.82. The predicted molar refractivity (Wildman–Crippen MR) is 96.3 cm³/mol. The highest BCUT2D eigenvalue weighted by Crippen LogP contribution is 2.46. The average Bonchev–Trinajstić information content (AvgIpc) is 2.73. The molecule has 0 radical (unpaired) electrons. The lowest BCUT2D eigenvalue weighted by Gasteiger charge is -2.41. The van der Waals surface area contributed by atoms with Crippen LogP contribution in [0.1, 0.15) is 48.8 Å². The molecule has 0 aliphatic carbocycles. The number of fused-ring (bicyclic) bond motifs is 2. The molecule has 3 rings (SSSR count). The lowest BCUT2D eigenvalue weighted by atomic mass is 9.87. The SMILES string of the molecule is Cc1cnc2c(c1)C(=O)OC21CCN(C(=O)OC(C)(C)C)CC1I. The summed E-state index contributed by atoms with van der Waals surface area (Å²) in [5, 5.41) is 0. The van der Waals surface area contributed by atoms with E-state index >= 15 is 0 Å². The molecule has 2 aliphatic heterocycles. The number of alkyl halides is 1. The highest BCUT2D eigenvalue weighted by Gasteiger charge is 2.54. The number of amides is 1. The van der Waals surface area contributed by atoms with Crippen molar-refractivity contribution in [2.75, 3.05) is 13.1 Å². The highest BCUT2D eigenvalue weighted by atomic mass is 127. The van der Waals surface area contributed by atoms with E-state index in [-0.39, 0.29) is 16.0 Å². The van der Waals surface area contributed by atoms with E-state index in [1.807, 2.05) is 33.8 Å². The summed E-state index contributed by atoms with van der Waals surface area (Å²) < 4.78 is 11.1. The van der Waals surface area contributed by atoms with E-state index in [9.17, 15) is 9.59 Å². The molecule has 1 aromatic heterocycles. The van der Waals surface area contributed by atoms with Crippen molar-refractivity contribution in [1.82, 2.24) is 9.88 Å². The zero-order valence-corrected chi connectivity index (χ0v) is 16.4. The van der Waals surface area contributed by atoms with E-state index in [1.54, 1.807) is 11.1 Å². The molecule has 0 N–H and O–H groups in total. The van der Waals surface area contributed by atoms with Gasteiger partial charge < -0.3 is 14.4 Å². The Balaban J connectivity index is 1.83. The number of piperidine rings is 1. The lowest BCUT2D eigenvalue weighted by Crippen LogP contribution is -2.53. The van der Waals surface area contributed by atoms with Crippen LogP contribution in [0.3, 0.4) is 0 Å². The Labute approximate surface area is 155 Å². The van der Waals surface area contributed by atoms with Crippen LogP contribution in [0, 0.1) is 6.92 Å². The number of likely N-dealkylation sites (tertiary alicyclic amines) is 1. The van der Waals surface area contributed by atoms with Gasteiger partial charge in [0.25, 0.3) is 0 Å². The summed E-state index contributed by atoms with van der Waals surface area (Å²) in [6.45, 7) is 8.37. The summed E-state index contributed by atoms with van der Waals surface area (Å²) in [7, 11) is 0. The molecule has 0 saturated carbocycles. The minimum absolute atomic E-state index is 0.0863. The summed E-state index contributed by atoms with van der Waals surface area (Å²) >= 11 is 2.25. The highest BCUT2D eigenvalue weighted by molar-refractivity contribution is 14.1. The summed E-state index contributed by atoms with van der Waals surface area (Å²) in [5.41, 5.74) is 0.889. The third-order valence-electron chi connectivity index (χ3n) is 4.21. The van der Waals surface area contributed by atoms with Crippen molar-refractivity contribution in [2.45, 2.75) is 49.2 Å². The first-order chi connectivity index (χ1) is 11.1. The number of ether oxygens (including phenoxy) is 2. The molecular weight excluding hydrogens is 423 g/mol. The Hall–Kier alpha value is -1.38. The molecule has 1 fully saturated rings. The van der Waals surface area contributed by atoms with E-state index in [0.717, 1.165) is 5.56 Å². The number of halogens is 1. The molecule has 130 valence electrons. The van der Waals surface area contributed by atoms with Gasteiger partial charge in [-0.1, -0.05) is 22.6 Å². The maximum absolute atomic E-state index is 12.3. The molecule has 2 atom stereocenters. The molecule has 1 amide bonds. The van der Waals surface area contributed by atoms with Gasteiger partial charge in [0.05, 0.1) is 15.2 Å². The first kappa shape index (κ1) is 17.4. The Morgan fingerprint density at radius 1 is 1.50 bits per heavy atom. The number of rotatable bonds is 0. The summed E-state index contributed by atoms with van der Waals surface area (Å²) in [6.07, 6.45) is 1.95. The number of aromatic nitrogens is 1. The van der Waals surface area contributed by atoms with E-state index in [2.05, 4.69) is 27.6 Å². The first-order valence-corrected chi connectivity index (χ1v) is 9.19. The van der Waals surface area contributed by atoms with Crippen molar-refractivity contribution < 1.29 is 19.1 Å². The molecular formula is C17H21IN2O4. The molecule has 0 bridgehead atoms. The molecule has 1 aromatic rings. The summed E-state index contributed by atoms with van der Waals surface area (Å²) in [5.74, 6) is -0.325. The zero-order valence-electron chi connectivity index (χ0n) is 14.3. The summed E-state index contributed by atoms with van der Waals surface area (Å²) in [4.78, 5) is 30.7. The number of carbonyl (C=O) groups is 2. The Morgan fingerprint density at radius 3 is 2.83 bits per heavy atom. The van der Waals surface area contributed by atoms with Crippen LogP contribution in [0.2, 0.25) is 0 Å². The van der Waals surface area contributed by atoms with E-state index in [4.69, 9.17) is 9.47 Å². The van der Waals surface area contributed by atoms with E-state index in [1.165, 1.54) is 0 Å². The van der Waals surface area contributed by atoms with Gasteiger partial charge in [-0.3, -0.25) is 4.98 Å². The van der Waals surface area contributed by atoms with E-state index in [0.29, 0.717) is 30.8 Å². The van der Waals surface area contributed by atoms with Gasteiger partial charge >= 0.3 is 12.1 Å². The Kier molecular flexibility index (Phi) is 4.26. The largest absolute Gasteiger partial charge is 0.448 e. The molecule has 1 saturated heterocycles. The molecule has 2 aliphatic rings. The number of carbonyl (C=O) groups excluding carboxylic acids is 2. The number of nitrogens with zero attached hydrogens (tertiary/aromatic N) is 2. The van der Waals surface area contributed by atoms with Gasteiger partial charge in [-0.05, 0) is 39.3 Å². The average molecular weight is 444 g/mol. The lowest BCUT2D eigenvalue weighted by molar-refractivity contribution is -0.0414. The van der Waals surface area contributed by atoms with Crippen molar-refractivity contribution in [3.05, 3.63) is 29.1 Å². The minimum Gasteiger partial charge on any atom is -0.448 e. The molecule has 2 unspecified atom stereocenters. The van der Waals surface area contributed by atoms with Crippen molar-refractivity contribution in [3.63, 3.8) is 0 Å². The molecule has 1 spiro atoms. The van der Waals surface area contributed by atoms with Crippen LogP contribution < -0.4 is 0 Å². The smallest absolute Gasteiger partial charge is 0.410 e. The Morgan fingerprint density at radius 2 is 2.21 bits per heavy atom. The second-order valence-electron chi connectivity index (χ2n) is 7.33. The van der Waals surface area contributed by atoms with E-state index < -0.39 is 11.2 Å². The van der Waals surface area contributed by atoms with Gasteiger partial charge in [0.2, 0.25) is 0 Å². The monoisotopic (exact) mass is 444 g/mol. The van der Waals surface area contributed by atoms with Gasteiger partial charge in [-0.15, -0.1) is 0 Å². The van der Waals surface area contributed by atoms with Crippen LogP contribution in [-0.4, -0.2) is 44.6 Å². The maximum atomic E-state index is 12.3. The second-order valence-corrected chi connectivity index (χ2v) is 8.84. The van der Waals surface area contributed by atoms with Gasteiger partial charge in [0.15, 0.2) is 5.60 Å². The minimum atomic E-state index is -0.751. The predicted octanol–water partition coefficient (Wildman–Crippen LogP) is 3.20. The zero-order chi connectivity index (χ0) is 17.7. The normalized spacial score (nSPS) is 26.3. The van der Waals surface area contributed by atoms with Crippen molar-refractivity contribution in [3.8, 4) is 0 Å². The van der Waals surface area contributed by atoms with Gasteiger partial charge in [-0.2, -0.15) is 0 Å². The van der Waals surface area contributed by atoms with Crippen LogP contribution in [0.15, 0.2) is 12.3 Å². The fraction of sp³-hybridized carbons (Fsp3) is 0.588. The molecule has 0 aromatic carbocycles. The molecule has 6 nitrogen and oxygen atoms in total.